The Morgan fingerprint density at radius 3 is 2.79 bits per heavy atom. The van der Waals surface area contributed by atoms with Crippen molar-refractivity contribution in [2.45, 2.75) is 31.7 Å². The van der Waals surface area contributed by atoms with E-state index in [0.29, 0.717) is 37.0 Å². The lowest BCUT2D eigenvalue weighted by Gasteiger charge is -2.15. The van der Waals surface area contributed by atoms with Crippen LogP contribution in [0.1, 0.15) is 25.2 Å². The minimum atomic E-state index is -0.0263. The van der Waals surface area contributed by atoms with Crippen LogP contribution >= 0.6 is 0 Å². The van der Waals surface area contributed by atoms with E-state index in [0.717, 1.165) is 24.2 Å². The first-order valence-electron chi connectivity index (χ1n) is 8.16. The third-order valence-corrected chi connectivity index (χ3v) is 4.17. The van der Waals surface area contributed by atoms with Crippen LogP contribution < -0.4 is 15.8 Å². The molecule has 24 heavy (non-hydrogen) atoms. The Kier molecular flexibility index (Phi) is 5.10. The van der Waals surface area contributed by atoms with Crippen molar-refractivity contribution in [2.24, 2.45) is 11.7 Å². The first-order chi connectivity index (χ1) is 11.7. The third kappa shape index (κ3) is 4.11. The molecule has 1 saturated carbocycles. The van der Waals surface area contributed by atoms with Gasteiger partial charge in [0.2, 0.25) is 17.6 Å². The molecule has 7 heteroatoms. The summed E-state index contributed by atoms with van der Waals surface area (Å²) < 4.78 is 10.3. The number of amides is 1. The maximum atomic E-state index is 12.0. The molecule has 0 spiro atoms. The van der Waals surface area contributed by atoms with E-state index in [1.165, 1.54) is 0 Å². The maximum absolute atomic E-state index is 12.0. The minimum Gasteiger partial charge on any atom is -0.497 e. The van der Waals surface area contributed by atoms with E-state index in [-0.39, 0.29) is 11.9 Å². The van der Waals surface area contributed by atoms with E-state index in [2.05, 4.69) is 15.5 Å². The Morgan fingerprint density at radius 2 is 2.17 bits per heavy atom. The number of rotatable bonds is 8. The molecule has 0 radical (unpaired) electrons. The molecule has 1 aliphatic rings. The van der Waals surface area contributed by atoms with Gasteiger partial charge >= 0.3 is 0 Å². The van der Waals surface area contributed by atoms with Crippen molar-refractivity contribution in [1.82, 2.24) is 15.5 Å². The summed E-state index contributed by atoms with van der Waals surface area (Å²) in [6.07, 6.45) is 3.03. The Labute approximate surface area is 140 Å². The number of ether oxygens (including phenoxy) is 1. The summed E-state index contributed by atoms with van der Waals surface area (Å²) in [6.45, 7) is 0.485. The number of nitrogens with one attached hydrogen (secondary N) is 1. The zero-order valence-electron chi connectivity index (χ0n) is 13.7. The van der Waals surface area contributed by atoms with E-state index in [1.807, 2.05) is 24.3 Å². The van der Waals surface area contributed by atoms with Crippen LogP contribution in [0.2, 0.25) is 0 Å². The van der Waals surface area contributed by atoms with Crippen LogP contribution in [0.5, 0.6) is 5.75 Å². The number of carbonyl (C=O) groups is 1. The lowest BCUT2D eigenvalue weighted by molar-refractivity contribution is -0.121. The van der Waals surface area contributed by atoms with Crippen molar-refractivity contribution in [1.29, 1.82) is 0 Å². The molecule has 1 aliphatic carbocycles. The molecule has 1 fully saturated rings. The molecule has 128 valence electrons. The lowest BCUT2D eigenvalue weighted by atomic mass is 10.1. The molecule has 1 aromatic heterocycles. The first kappa shape index (κ1) is 16.4. The number of aryl methyl sites for hydroxylation is 1. The van der Waals surface area contributed by atoms with Gasteiger partial charge in [0.05, 0.1) is 7.11 Å². The van der Waals surface area contributed by atoms with Crippen LogP contribution in [-0.2, 0) is 11.2 Å². The zero-order chi connectivity index (χ0) is 16.9. The summed E-state index contributed by atoms with van der Waals surface area (Å²) in [5.74, 6) is 2.24. The van der Waals surface area contributed by atoms with Crippen molar-refractivity contribution in [3.05, 3.63) is 30.2 Å². The Bertz CT molecular complexity index is 679. The highest BCUT2D eigenvalue weighted by Crippen LogP contribution is 2.32. The Balaban J connectivity index is 1.52. The summed E-state index contributed by atoms with van der Waals surface area (Å²) in [6, 6.07) is 7.49. The number of benzene rings is 1. The van der Waals surface area contributed by atoms with Crippen molar-refractivity contribution >= 4 is 5.91 Å². The molecule has 0 bridgehead atoms. The molecule has 1 atom stereocenters. The standard InChI is InChI=1S/C17H22N4O3/c1-23-13-6-4-12(5-7-13)17-20-16(24-21-17)9-8-15(22)19-14(10-18)11-2-3-11/h4-7,11,14H,2-3,8-10,18H2,1H3,(H,19,22). The molecule has 0 aliphatic heterocycles. The Hall–Kier alpha value is -2.41. The van der Waals surface area contributed by atoms with Gasteiger partial charge in [-0.25, -0.2) is 0 Å². The SMILES string of the molecule is COc1ccc(-c2noc(CCC(=O)NC(CN)C3CC3)n2)cc1. The quantitative estimate of drug-likeness (QED) is 0.761. The number of methoxy groups -OCH3 is 1. The highest BCUT2D eigenvalue weighted by atomic mass is 16.5. The summed E-state index contributed by atoms with van der Waals surface area (Å²) in [5, 5.41) is 6.94. The fourth-order valence-electron chi connectivity index (χ4n) is 2.58. The van der Waals surface area contributed by atoms with Crippen LogP contribution in [0, 0.1) is 5.92 Å². The fourth-order valence-corrected chi connectivity index (χ4v) is 2.58. The summed E-state index contributed by atoms with van der Waals surface area (Å²) >= 11 is 0. The molecule has 3 rings (SSSR count). The molecule has 1 aromatic carbocycles. The fraction of sp³-hybridized carbons (Fsp3) is 0.471. The van der Waals surface area contributed by atoms with Gasteiger partial charge in [0, 0.05) is 31.0 Å². The van der Waals surface area contributed by atoms with Crippen LogP contribution in [0.25, 0.3) is 11.4 Å². The van der Waals surface area contributed by atoms with Gasteiger partial charge in [-0.3, -0.25) is 4.79 Å². The smallest absolute Gasteiger partial charge is 0.227 e. The molecule has 3 N–H and O–H groups in total. The van der Waals surface area contributed by atoms with Gasteiger partial charge in [-0.1, -0.05) is 5.16 Å². The van der Waals surface area contributed by atoms with Crippen LogP contribution in [-0.4, -0.2) is 35.7 Å². The zero-order valence-corrected chi connectivity index (χ0v) is 13.7. The monoisotopic (exact) mass is 330 g/mol. The predicted molar refractivity (Wildman–Crippen MR) is 88.3 cm³/mol. The number of carbonyl (C=O) groups excluding carboxylic acids is 1. The van der Waals surface area contributed by atoms with Gasteiger partial charge in [-0.15, -0.1) is 0 Å². The minimum absolute atomic E-state index is 0.0263. The summed E-state index contributed by atoms with van der Waals surface area (Å²) in [5.41, 5.74) is 6.53. The number of nitrogens with two attached hydrogens (primary N) is 1. The second kappa shape index (κ2) is 7.44. The van der Waals surface area contributed by atoms with Gasteiger partial charge in [0.15, 0.2) is 0 Å². The van der Waals surface area contributed by atoms with Crippen LogP contribution in [0.3, 0.4) is 0 Å². The van der Waals surface area contributed by atoms with E-state index in [9.17, 15) is 4.79 Å². The van der Waals surface area contributed by atoms with Crippen molar-refractivity contribution in [2.75, 3.05) is 13.7 Å². The highest BCUT2D eigenvalue weighted by Gasteiger charge is 2.31. The molecule has 1 amide bonds. The largest absolute Gasteiger partial charge is 0.497 e. The first-order valence-corrected chi connectivity index (χ1v) is 8.16. The van der Waals surface area contributed by atoms with Crippen molar-refractivity contribution in [3.8, 4) is 17.1 Å². The maximum Gasteiger partial charge on any atom is 0.227 e. The molecule has 2 aromatic rings. The molecule has 0 saturated heterocycles. The molecule has 1 unspecified atom stereocenters. The molecule has 7 nitrogen and oxygen atoms in total. The number of hydrogen-bond acceptors (Lipinski definition) is 6. The van der Waals surface area contributed by atoms with Gasteiger partial charge < -0.3 is 20.3 Å². The van der Waals surface area contributed by atoms with Gasteiger partial charge in [0.1, 0.15) is 5.75 Å². The van der Waals surface area contributed by atoms with Gasteiger partial charge in [-0.2, -0.15) is 4.98 Å². The second-order valence-corrected chi connectivity index (χ2v) is 5.99. The van der Waals surface area contributed by atoms with E-state index < -0.39 is 0 Å². The molecule has 1 heterocycles. The highest BCUT2D eigenvalue weighted by molar-refractivity contribution is 5.76. The average Bonchev–Trinajstić information content (AvgIpc) is 3.35. The van der Waals surface area contributed by atoms with E-state index in [4.69, 9.17) is 15.0 Å². The molecular weight excluding hydrogens is 308 g/mol. The van der Waals surface area contributed by atoms with E-state index >= 15 is 0 Å². The summed E-state index contributed by atoms with van der Waals surface area (Å²) in [4.78, 5) is 16.3. The van der Waals surface area contributed by atoms with Gasteiger partial charge in [0.25, 0.3) is 0 Å². The second-order valence-electron chi connectivity index (χ2n) is 5.99. The number of aromatic nitrogens is 2. The van der Waals surface area contributed by atoms with E-state index in [1.54, 1.807) is 7.11 Å². The molecular formula is C17H22N4O3. The van der Waals surface area contributed by atoms with Crippen LogP contribution in [0.15, 0.2) is 28.8 Å². The third-order valence-electron chi connectivity index (χ3n) is 4.17. The predicted octanol–water partition coefficient (Wildman–Crippen LogP) is 1.53. The lowest BCUT2D eigenvalue weighted by Crippen LogP contribution is -2.41. The topological polar surface area (TPSA) is 103 Å². The van der Waals surface area contributed by atoms with Crippen LogP contribution in [0.4, 0.5) is 0 Å². The summed E-state index contributed by atoms with van der Waals surface area (Å²) in [7, 11) is 1.62. The number of hydrogen-bond donors (Lipinski definition) is 2. The van der Waals surface area contributed by atoms with Gasteiger partial charge in [-0.05, 0) is 43.0 Å². The van der Waals surface area contributed by atoms with Crippen molar-refractivity contribution in [3.63, 3.8) is 0 Å². The number of nitrogens with zero attached hydrogens (tertiary/aromatic N) is 2. The Morgan fingerprint density at radius 1 is 1.42 bits per heavy atom. The average molecular weight is 330 g/mol. The van der Waals surface area contributed by atoms with Crippen molar-refractivity contribution < 1.29 is 14.1 Å². The normalized spacial score (nSPS) is 15.1.